The van der Waals surface area contributed by atoms with Crippen LogP contribution in [0, 0.1) is 0 Å². The predicted molar refractivity (Wildman–Crippen MR) is 103 cm³/mol. The minimum absolute atomic E-state index is 0.0433. The number of anilines is 1. The minimum atomic E-state index is -0.0433. The van der Waals surface area contributed by atoms with Gasteiger partial charge in [0.15, 0.2) is 16.7 Å². The highest BCUT2D eigenvalue weighted by atomic mass is 32.2. The predicted octanol–water partition coefficient (Wildman–Crippen LogP) is 4.05. The summed E-state index contributed by atoms with van der Waals surface area (Å²) in [5.74, 6) is 1.40. The van der Waals surface area contributed by atoms with Crippen LogP contribution in [0.4, 0.5) is 5.69 Å². The van der Waals surface area contributed by atoms with Gasteiger partial charge in [0.05, 0.1) is 16.6 Å². The number of hydrogen-bond acceptors (Lipinski definition) is 5. The number of benzene rings is 2. The summed E-state index contributed by atoms with van der Waals surface area (Å²) in [6.07, 6.45) is 4.09. The van der Waals surface area contributed by atoms with Crippen molar-refractivity contribution in [1.29, 1.82) is 0 Å². The van der Waals surface area contributed by atoms with Crippen molar-refractivity contribution in [1.82, 2.24) is 0 Å². The largest absolute Gasteiger partial charge is 0.454 e. The van der Waals surface area contributed by atoms with E-state index < -0.39 is 0 Å². The molecule has 0 aromatic heterocycles. The molecule has 1 saturated carbocycles. The fraction of sp³-hybridized carbons (Fsp3) is 0.200. The SMILES string of the molecule is O=C1/C(=C/c2ccc3c(c2)OCO3)S/C(=N\C2CC2)N1c1ccccc1. The number of para-hydroxylation sites is 1. The number of amidine groups is 1. The van der Waals surface area contributed by atoms with Gasteiger partial charge in [-0.2, -0.15) is 0 Å². The molecule has 2 fully saturated rings. The Morgan fingerprint density at radius 1 is 1.08 bits per heavy atom. The summed E-state index contributed by atoms with van der Waals surface area (Å²) in [7, 11) is 0. The minimum Gasteiger partial charge on any atom is -0.454 e. The van der Waals surface area contributed by atoms with Gasteiger partial charge in [0.25, 0.3) is 5.91 Å². The molecule has 5 nitrogen and oxygen atoms in total. The van der Waals surface area contributed by atoms with E-state index in [2.05, 4.69) is 0 Å². The van der Waals surface area contributed by atoms with E-state index in [1.807, 2.05) is 54.6 Å². The zero-order valence-corrected chi connectivity index (χ0v) is 14.7. The summed E-state index contributed by atoms with van der Waals surface area (Å²) in [5, 5.41) is 0.760. The van der Waals surface area contributed by atoms with Crippen LogP contribution in [0.5, 0.6) is 11.5 Å². The third-order valence-corrected chi connectivity index (χ3v) is 5.34. The number of rotatable bonds is 3. The Morgan fingerprint density at radius 2 is 1.88 bits per heavy atom. The summed E-state index contributed by atoms with van der Waals surface area (Å²) >= 11 is 1.43. The van der Waals surface area contributed by atoms with E-state index in [0.717, 1.165) is 35.0 Å². The number of nitrogens with zero attached hydrogens (tertiary/aromatic N) is 2. The molecule has 2 aliphatic heterocycles. The van der Waals surface area contributed by atoms with E-state index in [9.17, 15) is 4.79 Å². The average Bonchev–Trinajstić information content (AvgIpc) is 3.26. The second-order valence-electron chi connectivity index (χ2n) is 6.34. The van der Waals surface area contributed by atoms with Gasteiger partial charge in [-0.3, -0.25) is 14.7 Å². The van der Waals surface area contributed by atoms with Gasteiger partial charge >= 0.3 is 0 Å². The van der Waals surface area contributed by atoms with Gasteiger partial charge in [-0.05, 0) is 60.5 Å². The van der Waals surface area contributed by atoms with Crippen LogP contribution in [-0.2, 0) is 4.79 Å². The normalized spacial score (nSPS) is 21.8. The highest BCUT2D eigenvalue weighted by Gasteiger charge is 2.36. The van der Waals surface area contributed by atoms with E-state index in [-0.39, 0.29) is 12.7 Å². The van der Waals surface area contributed by atoms with Gasteiger partial charge in [-0.1, -0.05) is 24.3 Å². The van der Waals surface area contributed by atoms with Crippen molar-refractivity contribution in [3.8, 4) is 11.5 Å². The monoisotopic (exact) mass is 364 g/mol. The van der Waals surface area contributed by atoms with Crippen molar-refractivity contribution in [3.63, 3.8) is 0 Å². The molecule has 1 saturated heterocycles. The van der Waals surface area contributed by atoms with Crippen molar-refractivity contribution >= 4 is 34.6 Å². The van der Waals surface area contributed by atoms with E-state index in [0.29, 0.717) is 16.7 Å². The number of carbonyl (C=O) groups excluding carboxylic acids is 1. The molecule has 0 radical (unpaired) electrons. The van der Waals surface area contributed by atoms with E-state index in [4.69, 9.17) is 14.5 Å². The Morgan fingerprint density at radius 3 is 2.69 bits per heavy atom. The van der Waals surface area contributed by atoms with Crippen LogP contribution in [0.25, 0.3) is 6.08 Å². The summed E-state index contributed by atoms with van der Waals surface area (Å²) in [4.78, 5) is 20.2. The number of carbonyl (C=O) groups is 1. The van der Waals surface area contributed by atoms with Crippen LogP contribution in [0.1, 0.15) is 18.4 Å². The molecule has 1 aliphatic carbocycles. The number of fused-ring (bicyclic) bond motifs is 1. The standard InChI is InChI=1S/C20H16N2O3S/c23-19-18(11-13-6-9-16-17(10-13)25-12-24-16)26-20(21-14-7-8-14)22(19)15-4-2-1-3-5-15/h1-6,9-11,14H,7-8,12H2/b18-11-,21-20-. The first-order valence-corrected chi connectivity index (χ1v) is 9.36. The molecule has 2 heterocycles. The van der Waals surface area contributed by atoms with Gasteiger partial charge in [-0.25, -0.2) is 0 Å². The molecule has 0 spiro atoms. The zero-order chi connectivity index (χ0) is 17.5. The Balaban J connectivity index is 1.51. The van der Waals surface area contributed by atoms with Crippen molar-refractivity contribution in [2.75, 3.05) is 11.7 Å². The third-order valence-electron chi connectivity index (χ3n) is 4.36. The maximum Gasteiger partial charge on any atom is 0.271 e. The molecule has 2 aromatic carbocycles. The summed E-state index contributed by atoms with van der Waals surface area (Å²) in [6.45, 7) is 0.239. The van der Waals surface area contributed by atoms with Crippen molar-refractivity contribution in [2.24, 2.45) is 4.99 Å². The fourth-order valence-electron chi connectivity index (χ4n) is 2.88. The first-order valence-electron chi connectivity index (χ1n) is 8.54. The Hall–Kier alpha value is -2.73. The highest BCUT2D eigenvalue weighted by Crippen LogP contribution is 2.39. The smallest absolute Gasteiger partial charge is 0.271 e. The molecular formula is C20H16N2O3S. The Bertz CT molecular complexity index is 935. The van der Waals surface area contributed by atoms with Crippen LogP contribution >= 0.6 is 11.8 Å². The number of amides is 1. The average molecular weight is 364 g/mol. The molecule has 0 N–H and O–H groups in total. The first kappa shape index (κ1) is 15.5. The molecule has 0 atom stereocenters. The lowest BCUT2D eigenvalue weighted by Gasteiger charge is -2.15. The molecule has 26 heavy (non-hydrogen) atoms. The maximum absolute atomic E-state index is 13.1. The van der Waals surface area contributed by atoms with Gasteiger partial charge < -0.3 is 9.47 Å². The number of thioether (sulfide) groups is 1. The third kappa shape index (κ3) is 2.86. The molecule has 1 amide bonds. The molecule has 5 rings (SSSR count). The Kier molecular flexibility index (Phi) is 3.71. The summed E-state index contributed by atoms with van der Waals surface area (Å²) < 4.78 is 10.8. The number of aliphatic imine (C=N–C) groups is 1. The summed E-state index contributed by atoms with van der Waals surface area (Å²) in [6, 6.07) is 15.7. The van der Waals surface area contributed by atoms with Crippen LogP contribution in [0.3, 0.4) is 0 Å². The number of hydrogen-bond donors (Lipinski definition) is 0. The molecule has 6 heteroatoms. The van der Waals surface area contributed by atoms with Crippen LogP contribution in [-0.4, -0.2) is 23.9 Å². The molecule has 0 unspecified atom stereocenters. The van der Waals surface area contributed by atoms with E-state index in [1.165, 1.54) is 11.8 Å². The topological polar surface area (TPSA) is 51.1 Å². The second-order valence-corrected chi connectivity index (χ2v) is 7.35. The van der Waals surface area contributed by atoms with E-state index >= 15 is 0 Å². The van der Waals surface area contributed by atoms with Crippen molar-refractivity contribution in [2.45, 2.75) is 18.9 Å². The lowest BCUT2D eigenvalue weighted by Crippen LogP contribution is -2.29. The second kappa shape index (κ2) is 6.21. The number of ether oxygens (including phenoxy) is 2. The molecule has 0 bridgehead atoms. The highest BCUT2D eigenvalue weighted by molar-refractivity contribution is 8.19. The molecule has 2 aromatic rings. The molecule has 130 valence electrons. The van der Waals surface area contributed by atoms with E-state index in [1.54, 1.807) is 4.90 Å². The Labute approximate surface area is 155 Å². The van der Waals surface area contributed by atoms with Crippen molar-refractivity contribution < 1.29 is 14.3 Å². The van der Waals surface area contributed by atoms with Crippen LogP contribution in [0.15, 0.2) is 58.4 Å². The molecular weight excluding hydrogens is 348 g/mol. The lowest BCUT2D eigenvalue weighted by atomic mass is 10.2. The fourth-order valence-corrected chi connectivity index (χ4v) is 3.93. The quantitative estimate of drug-likeness (QED) is 0.771. The van der Waals surface area contributed by atoms with Gasteiger partial charge in [0.2, 0.25) is 6.79 Å². The van der Waals surface area contributed by atoms with Crippen LogP contribution < -0.4 is 14.4 Å². The summed E-state index contributed by atoms with van der Waals surface area (Å²) in [5.41, 5.74) is 1.75. The van der Waals surface area contributed by atoms with Gasteiger partial charge in [0.1, 0.15) is 0 Å². The van der Waals surface area contributed by atoms with Crippen LogP contribution in [0.2, 0.25) is 0 Å². The first-order chi connectivity index (χ1) is 12.8. The van der Waals surface area contributed by atoms with Crippen molar-refractivity contribution in [3.05, 3.63) is 59.0 Å². The lowest BCUT2D eigenvalue weighted by molar-refractivity contribution is -0.113. The maximum atomic E-state index is 13.1. The van der Waals surface area contributed by atoms with Gasteiger partial charge in [-0.15, -0.1) is 0 Å². The zero-order valence-electron chi connectivity index (χ0n) is 13.9. The molecule has 3 aliphatic rings. The van der Waals surface area contributed by atoms with Gasteiger partial charge in [0, 0.05) is 0 Å².